The van der Waals surface area contributed by atoms with Gasteiger partial charge in [-0.05, 0) is 30.2 Å². The summed E-state index contributed by atoms with van der Waals surface area (Å²) < 4.78 is 14.0. The molecule has 0 unspecified atom stereocenters. The van der Waals surface area contributed by atoms with Crippen molar-refractivity contribution in [3.8, 4) is 11.1 Å². The van der Waals surface area contributed by atoms with Gasteiger partial charge in [0.1, 0.15) is 5.82 Å². The summed E-state index contributed by atoms with van der Waals surface area (Å²) >= 11 is 0. The van der Waals surface area contributed by atoms with Crippen molar-refractivity contribution < 1.29 is 9.18 Å². The number of hydrogen-bond donors (Lipinski definition) is 1. The molecular weight excluding hydrogens is 229 g/mol. The van der Waals surface area contributed by atoms with E-state index in [0.717, 1.165) is 11.1 Å². The second kappa shape index (κ2) is 5.00. The van der Waals surface area contributed by atoms with Crippen LogP contribution in [0.3, 0.4) is 0 Å². The fourth-order valence-corrected chi connectivity index (χ4v) is 1.89. The Hall–Kier alpha value is -2.16. The van der Waals surface area contributed by atoms with Crippen molar-refractivity contribution in [1.82, 2.24) is 5.32 Å². The lowest BCUT2D eigenvalue weighted by molar-refractivity contribution is 0.0962. The molecule has 18 heavy (non-hydrogen) atoms. The van der Waals surface area contributed by atoms with Crippen LogP contribution >= 0.6 is 0 Å². The molecular formula is C15H14FNO. The zero-order valence-electron chi connectivity index (χ0n) is 10.3. The second-order valence-corrected chi connectivity index (χ2v) is 4.09. The highest BCUT2D eigenvalue weighted by molar-refractivity contribution is 5.94. The van der Waals surface area contributed by atoms with Crippen LogP contribution in [0, 0.1) is 12.7 Å². The van der Waals surface area contributed by atoms with Crippen LogP contribution in [0.15, 0.2) is 42.5 Å². The molecule has 0 radical (unpaired) electrons. The average Bonchev–Trinajstić information content (AvgIpc) is 2.39. The van der Waals surface area contributed by atoms with Gasteiger partial charge in [-0.2, -0.15) is 0 Å². The summed E-state index contributed by atoms with van der Waals surface area (Å²) in [6, 6.07) is 12.1. The Morgan fingerprint density at radius 1 is 1.11 bits per heavy atom. The molecule has 0 heterocycles. The monoisotopic (exact) mass is 243 g/mol. The molecule has 0 aliphatic carbocycles. The van der Waals surface area contributed by atoms with Gasteiger partial charge in [0.05, 0.1) is 0 Å². The van der Waals surface area contributed by atoms with Gasteiger partial charge in [0.15, 0.2) is 0 Å². The summed E-state index contributed by atoms with van der Waals surface area (Å²) in [6.07, 6.45) is 0. The Morgan fingerprint density at radius 2 is 1.83 bits per heavy atom. The Balaban J connectivity index is 2.49. The topological polar surface area (TPSA) is 29.1 Å². The number of amides is 1. The molecule has 3 heteroatoms. The van der Waals surface area contributed by atoms with Gasteiger partial charge in [-0.15, -0.1) is 0 Å². The minimum atomic E-state index is -0.384. The lowest BCUT2D eigenvalue weighted by Gasteiger charge is -2.08. The quantitative estimate of drug-likeness (QED) is 0.862. The van der Waals surface area contributed by atoms with Crippen molar-refractivity contribution in [1.29, 1.82) is 0 Å². The minimum Gasteiger partial charge on any atom is -0.355 e. The molecule has 2 aromatic rings. The Morgan fingerprint density at radius 3 is 2.44 bits per heavy atom. The number of aryl methyl sites for hydroxylation is 1. The highest BCUT2D eigenvalue weighted by Gasteiger charge is 2.10. The van der Waals surface area contributed by atoms with Crippen LogP contribution in [0.5, 0.6) is 0 Å². The molecule has 0 atom stereocenters. The van der Waals surface area contributed by atoms with E-state index in [4.69, 9.17) is 0 Å². The van der Waals surface area contributed by atoms with E-state index in [0.29, 0.717) is 11.1 Å². The Bertz CT molecular complexity index is 593. The molecule has 2 rings (SSSR count). The number of nitrogens with one attached hydrogen (secondary N) is 1. The standard InChI is InChI=1S/C15H14FNO/c1-10-5-3-4-6-12(10)13-8-7-11(9-14(13)16)15(18)17-2/h3-9H,1-2H3,(H,17,18). The van der Waals surface area contributed by atoms with Crippen LogP contribution in [0.1, 0.15) is 15.9 Å². The van der Waals surface area contributed by atoms with Crippen LogP contribution in [0.2, 0.25) is 0 Å². The summed E-state index contributed by atoms with van der Waals surface area (Å²) in [4.78, 5) is 11.4. The van der Waals surface area contributed by atoms with Gasteiger partial charge in [-0.1, -0.05) is 30.3 Å². The van der Waals surface area contributed by atoms with E-state index in [1.165, 1.54) is 13.1 Å². The summed E-state index contributed by atoms with van der Waals surface area (Å²) in [5.41, 5.74) is 2.69. The maximum Gasteiger partial charge on any atom is 0.251 e. The van der Waals surface area contributed by atoms with E-state index < -0.39 is 0 Å². The maximum atomic E-state index is 14.0. The summed E-state index contributed by atoms with van der Waals surface area (Å²) in [5.74, 6) is -0.671. The van der Waals surface area contributed by atoms with E-state index in [-0.39, 0.29) is 11.7 Å². The summed E-state index contributed by atoms with van der Waals surface area (Å²) in [5, 5.41) is 2.47. The first-order chi connectivity index (χ1) is 8.63. The van der Waals surface area contributed by atoms with Crippen molar-refractivity contribution in [3.63, 3.8) is 0 Å². The fraction of sp³-hybridized carbons (Fsp3) is 0.133. The predicted molar refractivity (Wildman–Crippen MR) is 70.0 cm³/mol. The van der Waals surface area contributed by atoms with E-state index in [9.17, 15) is 9.18 Å². The molecule has 0 aliphatic heterocycles. The minimum absolute atomic E-state index is 0.287. The molecule has 1 amide bonds. The normalized spacial score (nSPS) is 10.2. The summed E-state index contributed by atoms with van der Waals surface area (Å²) in [6.45, 7) is 1.93. The first-order valence-electron chi connectivity index (χ1n) is 5.71. The van der Waals surface area contributed by atoms with Crippen LogP contribution in [0.25, 0.3) is 11.1 Å². The Labute approximate surface area is 105 Å². The number of carbonyl (C=O) groups excluding carboxylic acids is 1. The van der Waals surface area contributed by atoms with Gasteiger partial charge in [-0.25, -0.2) is 4.39 Å². The van der Waals surface area contributed by atoms with Gasteiger partial charge >= 0.3 is 0 Å². The molecule has 2 aromatic carbocycles. The molecule has 1 N–H and O–H groups in total. The number of benzene rings is 2. The van der Waals surface area contributed by atoms with Crippen LogP contribution < -0.4 is 5.32 Å². The number of halogens is 1. The van der Waals surface area contributed by atoms with E-state index >= 15 is 0 Å². The third kappa shape index (κ3) is 2.25. The molecule has 92 valence electrons. The first kappa shape index (κ1) is 12.3. The van der Waals surface area contributed by atoms with Gasteiger partial charge in [0.25, 0.3) is 5.91 Å². The van der Waals surface area contributed by atoms with E-state index in [2.05, 4.69) is 5.32 Å². The van der Waals surface area contributed by atoms with E-state index in [1.54, 1.807) is 12.1 Å². The van der Waals surface area contributed by atoms with Gasteiger partial charge < -0.3 is 5.32 Å². The molecule has 0 spiro atoms. The summed E-state index contributed by atoms with van der Waals surface area (Å²) in [7, 11) is 1.52. The maximum absolute atomic E-state index is 14.0. The van der Waals surface area contributed by atoms with Crippen LogP contribution in [-0.2, 0) is 0 Å². The van der Waals surface area contributed by atoms with Crippen molar-refractivity contribution in [2.24, 2.45) is 0 Å². The average molecular weight is 243 g/mol. The molecule has 0 fully saturated rings. The molecule has 2 nitrogen and oxygen atoms in total. The first-order valence-corrected chi connectivity index (χ1v) is 5.71. The highest BCUT2D eigenvalue weighted by atomic mass is 19.1. The predicted octanol–water partition coefficient (Wildman–Crippen LogP) is 3.16. The number of rotatable bonds is 2. The van der Waals surface area contributed by atoms with E-state index in [1.807, 2.05) is 31.2 Å². The lowest BCUT2D eigenvalue weighted by Crippen LogP contribution is -2.17. The smallest absolute Gasteiger partial charge is 0.251 e. The lowest BCUT2D eigenvalue weighted by atomic mass is 9.99. The van der Waals surface area contributed by atoms with Gasteiger partial charge in [-0.3, -0.25) is 4.79 Å². The number of hydrogen-bond acceptors (Lipinski definition) is 1. The third-order valence-corrected chi connectivity index (χ3v) is 2.89. The van der Waals surface area contributed by atoms with Crippen LogP contribution in [-0.4, -0.2) is 13.0 Å². The van der Waals surface area contributed by atoms with Crippen molar-refractivity contribution in [2.45, 2.75) is 6.92 Å². The zero-order valence-corrected chi connectivity index (χ0v) is 10.3. The van der Waals surface area contributed by atoms with Crippen LogP contribution in [0.4, 0.5) is 4.39 Å². The SMILES string of the molecule is CNC(=O)c1ccc(-c2ccccc2C)c(F)c1. The zero-order chi connectivity index (χ0) is 13.1. The van der Waals surface area contributed by atoms with Crippen molar-refractivity contribution in [3.05, 3.63) is 59.4 Å². The second-order valence-electron chi connectivity index (χ2n) is 4.09. The molecule has 0 saturated heterocycles. The molecule has 0 saturated carbocycles. The molecule has 0 aliphatic rings. The number of carbonyl (C=O) groups is 1. The molecule has 0 bridgehead atoms. The Kier molecular flexibility index (Phi) is 3.42. The molecule has 0 aromatic heterocycles. The fourth-order valence-electron chi connectivity index (χ4n) is 1.89. The van der Waals surface area contributed by atoms with Gasteiger partial charge in [0, 0.05) is 18.2 Å². The highest BCUT2D eigenvalue weighted by Crippen LogP contribution is 2.26. The third-order valence-electron chi connectivity index (χ3n) is 2.89. The van der Waals surface area contributed by atoms with Crippen molar-refractivity contribution in [2.75, 3.05) is 7.05 Å². The van der Waals surface area contributed by atoms with Crippen molar-refractivity contribution >= 4 is 5.91 Å². The van der Waals surface area contributed by atoms with Gasteiger partial charge in [0.2, 0.25) is 0 Å². The largest absolute Gasteiger partial charge is 0.355 e.